The number of rotatable bonds is 3. The third-order valence-electron chi connectivity index (χ3n) is 4.55. The molecule has 2 aliphatic heterocycles. The van der Waals surface area contributed by atoms with Gasteiger partial charge in [0, 0.05) is 36.2 Å². The molecule has 4 nitrogen and oxygen atoms in total. The van der Waals surface area contributed by atoms with E-state index in [1.807, 2.05) is 0 Å². The first kappa shape index (κ1) is 12.3. The third kappa shape index (κ3) is 1.70. The molecule has 2 aliphatic rings. The van der Waals surface area contributed by atoms with Crippen molar-refractivity contribution in [3.63, 3.8) is 0 Å². The summed E-state index contributed by atoms with van der Waals surface area (Å²) >= 11 is 1.44. The average molecular weight is 287 g/mol. The number of nitrogens with one attached hydrogen (secondary N) is 1. The quantitative estimate of drug-likeness (QED) is 0.879. The number of anilines is 1. The Morgan fingerprint density at radius 2 is 2.45 bits per heavy atom. The standard InChI is InChI=1S/C15H17N3OS/c1-2-9-3-11(18-7-10-4-12(18)6-16-10)5-14-15(9)13(8-19)17-20-14/h3,5,8,10,12,16H,2,4,6-7H2,1H3/t10-,12-/m0/s1. The van der Waals surface area contributed by atoms with Gasteiger partial charge < -0.3 is 10.2 Å². The molecule has 0 radical (unpaired) electrons. The van der Waals surface area contributed by atoms with Gasteiger partial charge >= 0.3 is 0 Å². The Morgan fingerprint density at radius 3 is 3.10 bits per heavy atom. The molecule has 2 atom stereocenters. The number of fused-ring (bicyclic) bond motifs is 3. The largest absolute Gasteiger partial charge is 0.366 e. The van der Waals surface area contributed by atoms with E-state index in [4.69, 9.17) is 0 Å². The van der Waals surface area contributed by atoms with E-state index in [0.717, 1.165) is 35.9 Å². The maximum absolute atomic E-state index is 11.1. The smallest absolute Gasteiger partial charge is 0.170 e. The molecule has 20 heavy (non-hydrogen) atoms. The van der Waals surface area contributed by atoms with Crippen LogP contribution in [0.1, 0.15) is 29.4 Å². The number of piperazine rings is 1. The first-order chi connectivity index (χ1) is 9.80. The summed E-state index contributed by atoms with van der Waals surface area (Å²) in [4.78, 5) is 13.6. The first-order valence-electron chi connectivity index (χ1n) is 7.17. The zero-order valence-electron chi connectivity index (χ0n) is 11.4. The minimum absolute atomic E-state index is 0.595. The number of aryl methyl sites for hydroxylation is 1. The van der Waals surface area contributed by atoms with Crippen LogP contribution in [0.15, 0.2) is 12.1 Å². The van der Waals surface area contributed by atoms with Crippen molar-refractivity contribution in [2.75, 3.05) is 18.0 Å². The maximum atomic E-state index is 11.1. The predicted molar refractivity (Wildman–Crippen MR) is 81.9 cm³/mol. The SMILES string of the molecule is CCc1cc(N2C[C@@H]3C[C@H]2CN3)cc2snc(C=O)c12. The van der Waals surface area contributed by atoms with Crippen LogP contribution in [0.5, 0.6) is 0 Å². The van der Waals surface area contributed by atoms with Crippen molar-refractivity contribution >= 4 is 33.6 Å². The van der Waals surface area contributed by atoms with Gasteiger partial charge in [-0.25, -0.2) is 0 Å². The van der Waals surface area contributed by atoms with E-state index in [9.17, 15) is 4.79 Å². The van der Waals surface area contributed by atoms with Gasteiger partial charge in [-0.15, -0.1) is 0 Å². The fourth-order valence-electron chi connectivity index (χ4n) is 3.57. The van der Waals surface area contributed by atoms with Crippen LogP contribution in [0.2, 0.25) is 0 Å². The lowest BCUT2D eigenvalue weighted by molar-refractivity contribution is 0.112. The molecule has 5 heteroatoms. The Hall–Kier alpha value is -1.46. The fourth-order valence-corrected chi connectivity index (χ4v) is 4.40. The molecule has 2 saturated heterocycles. The van der Waals surface area contributed by atoms with Gasteiger partial charge in [0.15, 0.2) is 6.29 Å². The van der Waals surface area contributed by atoms with Gasteiger partial charge in [0.25, 0.3) is 0 Å². The summed E-state index contributed by atoms with van der Waals surface area (Å²) in [6.07, 6.45) is 3.06. The van der Waals surface area contributed by atoms with Crippen molar-refractivity contribution in [3.8, 4) is 0 Å². The number of aromatic nitrogens is 1. The normalized spacial score (nSPS) is 24.8. The third-order valence-corrected chi connectivity index (χ3v) is 5.35. The second kappa shape index (κ2) is 4.53. The van der Waals surface area contributed by atoms with Gasteiger partial charge in [0.2, 0.25) is 0 Å². The van der Waals surface area contributed by atoms with Crippen LogP contribution >= 0.6 is 11.5 Å². The summed E-state index contributed by atoms with van der Waals surface area (Å²) in [5.74, 6) is 0. The van der Waals surface area contributed by atoms with Crippen molar-refractivity contribution < 1.29 is 4.79 Å². The molecule has 0 unspecified atom stereocenters. The van der Waals surface area contributed by atoms with Crippen LogP contribution in [-0.4, -0.2) is 35.8 Å². The monoisotopic (exact) mass is 287 g/mol. The number of aldehydes is 1. The second-order valence-corrected chi connectivity index (χ2v) is 6.47. The lowest BCUT2D eigenvalue weighted by atomic mass is 10.0. The molecule has 104 valence electrons. The number of carbonyl (C=O) groups excluding carboxylic acids is 1. The Bertz CT molecular complexity index is 681. The van der Waals surface area contributed by atoms with Gasteiger partial charge in [-0.05, 0) is 42.1 Å². The molecule has 2 fully saturated rings. The Balaban J connectivity index is 1.83. The molecule has 1 aromatic carbocycles. The molecule has 0 spiro atoms. The Kier molecular flexibility index (Phi) is 2.79. The van der Waals surface area contributed by atoms with E-state index >= 15 is 0 Å². The lowest BCUT2D eigenvalue weighted by Gasteiger charge is -2.30. The molecule has 0 saturated carbocycles. The molecule has 2 bridgehead atoms. The van der Waals surface area contributed by atoms with E-state index in [1.165, 1.54) is 29.2 Å². The van der Waals surface area contributed by atoms with Crippen LogP contribution < -0.4 is 10.2 Å². The van der Waals surface area contributed by atoms with Gasteiger partial charge in [-0.2, -0.15) is 4.37 Å². The molecule has 3 heterocycles. The number of carbonyl (C=O) groups is 1. The van der Waals surface area contributed by atoms with E-state index in [0.29, 0.717) is 17.8 Å². The van der Waals surface area contributed by atoms with E-state index in [2.05, 4.69) is 33.6 Å². The summed E-state index contributed by atoms with van der Waals surface area (Å²) in [7, 11) is 0. The zero-order valence-corrected chi connectivity index (χ0v) is 12.2. The number of nitrogens with zero attached hydrogens (tertiary/aromatic N) is 2. The van der Waals surface area contributed by atoms with Gasteiger partial charge in [-0.3, -0.25) is 4.79 Å². The highest BCUT2D eigenvalue weighted by Gasteiger charge is 2.37. The van der Waals surface area contributed by atoms with Crippen LogP contribution in [-0.2, 0) is 6.42 Å². The van der Waals surface area contributed by atoms with Crippen molar-refractivity contribution in [2.24, 2.45) is 0 Å². The highest BCUT2D eigenvalue weighted by molar-refractivity contribution is 7.13. The van der Waals surface area contributed by atoms with Gasteiger partial charge in [0.05, 0.1) is 4.70 Å². The summed E-state index contributed by atoms with van der Waals surface area (Å²) in [6, 6.07) is 5.73. The summed E-state index contributed by atoms with van der Waals surface area (Å²) in [5, 5.41) is 4.59. The molecule has 1 N–H and O–H groups in total. The first-order valence-corrected chi connectivity index (χ1v) is 7.95. The van der Waals surface area contributed by atoms with Crippen molar-refractivity contribution in [1.29, 1.82) is 0 Å². The molecule has 1 aromatic heterocycles. The van der Waals surface area contributed by atoms with E-state index in [1.54, 1.807) is 0 Å². The zero-order chi connectivity index (χ0) is 13.7. The minimum atomic E-state index is 0.595. The predicted octanol–water partition coefficient (Wildman–Crippen LogP) is 2.22. The van der Waals surface area contributed by atoms with Gasteiger partial charge in [-0.1, -0.05) is 6.92 Å². The average Bonchev–Trinajstić information content (AvgIpc) is 3.20. The molecular weight excluding hydrogens is 270 g/mol. The molecule has 0 amide bonds. The highest BCUT2D eigenvalue weighted by atomic mass is 32.1. The number of hydrogen-bond acceptors (Lipinski definition) is 5. The van der Waals surface area contributed by atoms with Crippen molar-refractivity contribution in [3.05, 3.63) is 23.4 Å². The molecule has 2 aromatic rings. The van der Waals surface area contributed by atoms with E-state index < -0.39 is 0 Å². The van der Waals surface area contributed by atoms with Crippen LogP contribution in [0.25, 0.3) is 10.1 Å². The van der Waals surface area contributed by atoms with Crippen molar-refractivity contribution in [1.82, 2.24) is 9.69 Å². The van der Waals surface area contributed by atoms with Gasteiger partial charge in [0.1, 0.15) is 5.69 Å². The topological polar surface area (TPSA) is 45.2 Å². The lowest BCUT2D eigenvalue weighted by Crippen LogP contribution is -2.43. The van der Waals surface area contributed by atoms with Crippen LogP contribution in [0, 0.1) is 0 Å². The van der Waals surface area contributed by atoms with Crippen LogP contribution in [0.3, 0.4) is 0 Å². The molecule has 0 aliphatic carbocycles. The van der Waals surface area contributed by atoms with E-state index in [-0.39, 0.29) is 0 Å². The molecule has 4 rings (SSSR count). The summed E-state index contributed by atoms with van der Waals surface area (Å²) in [6.45, 7) is 4.33. The minimum Gasteiger partial charge on any atom is -0.366 e. The second-order valence-electron chi connectivity index (χ2n) is 5.66. The fraction of sp³-hybridized carbons (Fsp3) is 0.467. The highest BCUT2D eigenvalue weighted by Crippen LogP contribution is 2.35. The van der Waals surface area contributed by atoms with Crippen LogP contribution in [0.4, 0.5) is 5.69 Å². The Labute approximate surface area is 121 Å². The van der Waals surface area contributed by atoms with Crippen molar-refractivity contribution in [2.45, 2.75) is 31.8 Å². The molecular formula is C15H17N3OS. The summed E-state index contributed by atoms with van der Waals surface area (Å²) < 4.78 is 5.42. The number of benzene rings is 1. The number of hydrogen-bond donors (Lipinski definition) is 1. The Morgan fingerprint density at radius 1 is 1.55 bits per heavy atom. The maximum Gasteiger partial charge on any atom is 0.170 e. The summed E-state index contributed by atoms with van der Waals surface area (Å²) in [5.41, 5.74) is 3.13.